The molecular weight excluding hydrogens is 1810 g/mol. The smallest absolute Gasteiger partial charge is 0.161 e. The van der Waals surface area contributed by atoms with Crippen LogP contribution in [-0.4, -0.2) is 34.5 Å². The van der Waals surface area contributed by atoms with E-state index in [1.165, 1.54) is 109 Å². The zero-order chi connectivity index (χ0) is 94.9. The number of nitrogens with zero attached hydrogens (tertiary/aromatic N) is 7. The third-order valence-corrected chi connectivity index (χ3v) is 31.2. The highest BCUT2D eigenvalue weighted by molar-refractivity contribution is 7.26. The summed E-state index contributed by atoms with van der Waals surface area (Å²) >= 11 is 7.30. The molecule has 0 saturated heterocycles. The molecule has 0 fully saturated rings. The lowest BCUT2D eigenvalue weighted by Crippen LogP contribution is -1.98. The van der Waals surface area contributed by atoms with Crippen molar-refractivity contribution in [3.8, 4) is 183 Å². The quantitative estimate of drug-likeness (QED) is 0.0903. The first-order valence-electron chi connectivity index (χ1n) is 47.9. The molecule has 27 rings (SSSR count). The van der Waals surface area contributed by atoms with Crippen LogP contribution in [0.15, 0.2) is 516 Å². The lowest BCUT2D eigenvalue weighted by molar-refractivity contribution is 1.16. The highest BCUT2D eigenvalue weighted by Gasteiger charge is 2.23. The largest absolute Gasteiger partial charge is 0.309 e. The molecule has 19 aromatic carbocycles. The van der Waals surface area contributed by atoms with Crippen molar-refractivity contribution >= 4 is 118 Å². The van der Waals surface area contributed by atoms with Crippen molar-refractivity contribution in [2.45, 2.75) is 0 Å². The van der Waals surface area contributed by atoms with Crippen LogP contribution < -0.4 is 0 Å². The topological polar surface area (TPSA) is 82.3 Å². The summed E-state index contributed by atoms with van der Waals surface area (Å²) in [4.78, 5) is 35.2. The van der Waals surface area contributed by atoms with E-state index in [4.69, 9.17) is 29.9 Å². The van der Waals surface area contributed by atoms with Gasteiger partial charge in [0.05, 0.1) is 45.2 Å². The Morgan fingerprint density at radius 2 is 0.420 bits per heavy atom. The van der Waals surface area contributed by atoms with Crippen LogP contribution in [0.3, 0.4) is 0 Å². The number of hydrogen-bond donors (Lipinski definition) is 0. The second-order valence-corrected chi connectivity index (χ2v) is 39.8. The monoisotopic (exact) mass is 1900 g/mol. The van der Waals surface area contributed by atoms with Gasteiger partial charge in [0.25, 0.3) is 0 Å². The minimum Gasteiger partial charge on any atom is -0.309 e. The molecule has 143 heavy (non-hydrogen) atoms. The zero-order valence-electron chi connectivity index (χ0n) is 77.3. The van der Waals surface area contributed by atoms with E-state index in [1.54, 1.807) is 0 Å². The molecule has 0 radical (unpaired) electrons. The van der Waals surface area contributed by atoms with Gasteiger partial charge in [0.2, 0.25) is 0 Å². The molecule has 8 heterocycles. The predicted octanol–water partition coefficient (Wildman–Crippen LogP) is 37.2. The van der Waals surface area contributed by atoms with Gasteiger partial charge >= 0.3 is 0 Å². The van der Waals surface area contributed by atoms with Gasteiger partial charge in [-0.2, -0.15) is 0 Å². The van der Waals surface area contributed by atoms with Crippen molar-refractivity contribution in [3.05, 3.63) is 516 Å². The minimum atomic E-state index is 0.692. The molecular formula is C132H85N7S4. The minimum absolute atomic E-state index is 0.692. The summed E-state index contributed by atoms with van der Waals surface area (Å²) in [7, 11) is 0. The summed E-state index contributed by atoms with van der Waals surface area (Å²) in [6.07, 6.45) is 0. The average Bonchev–Trinajstić information content (AvgIpc) is 1.60. The summed E-state index contributed by atoms with van der Waals surface area (Å²) in [6.45, 7) is 0. The molecule has 0 spiro atoms. The van der Waals surface area contributed by atoms with Crippen molar-refractivity contribution in [2.75, 3.05) is 0 Å². The van der Waals surface area contributed by atoms with Crippen molar-refractivity contribution in [1.29, 1.82) is 0 Å². The van der Waals surface area contributed by atoms with Gasteiger partial charge in [-0.05, 0) is 180 Å². The van der Waals surface area contributed by atoms with Crippen LogP contribution in [0.4, 0.5) is 0 Å². The number of rotatable bonds is 17. The van der Waals surface area contributed by atoms with E-state index in [0.717, 1.165) is 135 Å². The number of hydrogen-bond acceptors (Lipinski definition) is 10. The number of aromatic nitrogens is 7. The van der Waals surface area contributed by atoms with Crippen LogP contribution in [0.5, 0.6) is 0 Å². The van der Waals surface area contributed by atoms with E-state index >= 15 is 0 Å². The second-order valence-electron chi connectivity index (χ2n) is 35.4. The normalized spacial score (nSPS) is 11.4. The third kappa shape index (κ3) is 17.6. The first-order valence-corrected chi connectivity index (χ1v) is 51.2. The van der Waals surface area contributed by atoms with Crippen LogP contribution in [0, 0.1) is 0 Å². The van der Waals surface area contributed by atoms with Crippen molar-refractivity contribution in [1.82, 2.24) is 34.5 Å². The highest BCUT2D eigenvalue weighted by atomic mass is 32.1. The van der Waals surface area contributed by atoms with Gasteiger partial charge in [-0.25, -0.2) is 29.9 Å². The maximum absolute atomic E-state index is 5.25. The van der Waals surface area contributed by atoms with Gasteiger partial charge in [-0.15, -0.1) is 45.3 Å². The van der Waals surface area contributed by atoms with Gasteiger partial charge in [0.1, 0.15) is 0 Å². The van der Waals surface area contributed by atoms with Crippen LogP contribution >= 0.6 is 45.3 Å². The summed E-state index contributed by atoms with van der Waals surface area (Å²) in [5.41, 5.74) is 31.0. The van der Waals surface area contributed by atoms with Crippen LogP contribution in [0.2, 0.25) is 0 Å². The number of para-hydroxylation sites is 2. The SMILES string of the molecule is c1ccc(-c2ccccc2-c2cc(-c3ccc(-c4cc5ccccc5s4)cc3)nc(-c3ccc(-n4c5ccccc5c5ccccc54)cc3)n2)cc1.c1ccc(-c2ccccc2-c2cc(-c3ccc(-c4cc5ccccc5s4)cc3)nc(-c3ccc4c(c3)sc3ccccc34)n2)cc1.c1ccc(-c2ccccc2-c2cc(-c3ccc(-c4cc5ccccc5s4)cc3)nc(-c3ccccc3-c3ccccc3)n2)cc1. The molecule has 0 amide bonds. The molecule has 0 unspecified atom stereocenters. The summed E-state index contributed by atoms with van der Waals surface area (Å²) < 4.78 is 8.78. The van der Waals surface area contributed by atoms with Crippen molar-refractivity contribution in [3.63, 3.8) is 0 Å². The number of fused-ring (bicyclic) bond motifs is 9. The Kier molecular flexibility index (Phi) is 23.4. The first-order chi connectivity index (χ1) is 70.8. The Hall–Kier alpha value is -17.7. The Balaban J connectivity index is 0.000000113. The van der Waals surface area contributed by atoms with Crippen LogP contribution in [0.25, 0.3) is 255 Å². The Morgan fingerprint density at radius 3 is 0.811 bits per heavy atom. The Bertz CT molecular complexity index is 9120. The molecule has 7 nitrogen and oxygen atoms in total. The van der Waals surface area contributed by atoms with E-state index in [2.05, 4.69) is 514 Å². The molecule has 0 N–H and O–H groups in total. The summed E-state index contributed by atoms with van der Waals surface area (Å²) in [5, 5.41) is 8.89. The van der Waals surface area contributed by atoms with E-state index in [1.807, 2.05) is 51.4 Å². The fourth-order valence-corrected chi connectivity index (χ4v) is 23.8. The van der Waals surface area contributed by atoms with Gasteiger partial charge in [-0.3, -0.25) is 0 Å². The highest BCUT2D eigenvalue weighted by Crippen LogP contribution is 2.46. The standard InChI is InChI=1S/C48H31N3S.C42H26N2S2.C42H28N2S/c1-2-12-32(13-3-1)38-15-5-6-16-39(38)43-31-42(33-22-24-34(25-23-33)47-30-36-14-4-11-21-46(36)52-47)49-48(50-43)35-26-28-37(29-27-35)51-44-19-9-7-17-40(44)41-18-8-10-20-45(41)51;1-2-10-27(11-3-1)32-13-5-6-14-33(32)37-26-36(28-18-20-29(21-19-28)40-24-30-12-4-8-16-38(30)45-40)43-42(44-37)31-22-23-35-34-15-7-9-17-39(34)46-41(35)25-31;1-3-13-29(14-4-1)34-18-8-10-20-36(34)39-28-38(31-23-25-32(26-24-31)41-27-33-17-7-12-22-40(33)45-41)43-42(44-39)37-21-11-9-19-35(37)30-15-5-2-6-16-30/h1-31H;1-26H;1-28H. The predicted molar refractivity (Wildman–Crippen MR) is 606 cm³/mol. The number of thiophene rings is 4. The Labute approximate surface area is 844 Å². The molecule has 0 bridgehead atoms. The molecule has 0 aliphatic heterocycles. The number of benzene rings is 19. The van der Waals surface area contributed by atoms with Gasteiger partial charge in [0, 0.05) is 115 Å². The maximum atomic E-state index is 5.25. The average molecular weight is 1900 g/mol. The van der Waals surface area contributed by atoms with E-state index < -0.39 is 0 Å². The molecule has 27 aromatic rings. The molecule has 11 heteroatoms. The van der Waals surface area contributed by atoms with E-state index in [9.17, 15) is 0 Å². The molecule has 8 aromatic heterocycles. The molecule has 672 valence electrons. The molecule has 0 aliphatic rings. The lowest BCUT2D eigenvalue weighted by Gasteiger charge is -2.15. The van der Waals surface area contributed by atoms with Crippen molar-refractivity contribution in [2.24, 2.45) is 0 Å². The molecule has 0 atom stereocenters. The molecule has 0 saturated carbocycles. The van der Waals surface area contributed by atoms with Gasteiger partial charge in [-0.1, -0.05) is 413 Å². The van der Waals surface area contributed by atoms with Crippen LogP contribution in [0.1, 0.15) is 0 Å². The van der Waals surface area contributed by atoms with Crippen molar-refractivity contribution < 1.29 is 0 Å². The van der Waals surface area contributed by atoms with Crippen LogP contribution in [-0.2, 0) is 0 Å². The fourth-order valence-electron chi connectivity index (χ4n) is 19.5. The third-order valence-electron chi connectivity index (χ3n) is 26.6. The van der Waals surface area contributed by atoms with Gasteiger partial charge < -0.3 is 4.57 Å². The molecule has 0 aliphatic carbocycles. The summed E-state index contributed by atoms with van der Waals surface area (Å²) in [6, 6.07) is 182. The fraction of sp³-hybridized carbons (Fsp3) is 0. The first kappa shape index (κ1) is 86.9. The van der Waals surface area contributed by atoms with E-state index in [0.29, 0.717) is 11.6 Å². The zero-order valence-corrected chi connectivity index (χ0v) is 80.6. The Morgan fingerprint density at radius 1 is 0.147 bits per heavy atom. The van der Waals surface area contributed by atoms with E-state index in [-0.39, 0.29) is 0 Å². The second kappa shape index (κ2) is 38.6. The lowest BCUT2D eigenvalue weighted by atomic mass is 9.95. The maximum Gasteiger partial charge on any atom is 0.161 e. The summed E-state index contributed by atoms with van der Waals surface area (Å²) in [5.74, 6) is 2.12. The van der Waals surface area contributed by atoms with Gasteiger partial charge in [0.15, 0.2) is 17.5 Å².